The monoisotopic (exact) mass is 398 g/mol. The topological polar surface area (TPSA) is 52.7 Å². The maximum absolute atomic E-state index is 14.8. The van der Waals surface area contributed by atoms with E-state index in [2.05, 4.69) is 21.9 Å². The first-order valence-electron chi connectivity index (χ1n) is 10.0. The Balaban J connectivity index is 1.71. The first-order chi connectivity index (χ1) is 14.7. The molecule has 2 aromatic heterocycles. The van der Waals surface area contributed by atoms with Gasteiger partial charge in [-0.05, 0) is 37.1 Å². The van der Waals surface area contributed by atoms with Crippen LogP contribution in [0.15, 0.2) is 59.7 Å². The number of hydrogen-bond donors (Lipinski definition) is 0. The Morgan fingerprint density at radius 2 is 1.93 bits per heavy atom. The van der Waals surface area contributed by atoms with Gasteiger partial charge < -0.3 is 0 Å². The van der Waals surface area contributed by atoms with Crippen LogP contribution in [0.2, 0.25) is 0 Å². The molecular formula is C24H19FN4O. The molecule has 0 bridgehead atoms. The molecule has 5 nitrogen and oxygen atoms in total. The van der Waals surface area contributed by atoms with Crippen molar-refractivity contribution in [2.45, 2.75) is 32.2 Å². The number of rotatable bonds is 3. The van der Waals surface area contributed by atoms with E-state index in [-0.39, 0.29) is 16.5 Å². The van der Waals surface area contributed by atoms with Gasteiger partial charge in [0.25, 0.3) is 5.56 Å². The van der Waals surface area contributed by atoms with Gasteiger partial charge in [0.2, 0.25) is 0 Å². The average molecular weight is 398 g/mol. The number of para-hydroxylation sites is 1. The Hall–Kier alpha value is -3.72. The molecule has 0 amide bonds. The Labute approximate surface area is 172 Å². The second-order valence-corrected chi connectivity index (χ2v) is 7.36. The van der Waals surface area contributed by atoms with Crippen LogP contribution in [-0.2, 0) is 6.42 Å². The Kier molecular flexibility index (Phi) is 4.44. The lowest BCUT2D eigenvalue weighted by Crippen LogP contribution is -2.24. The minimum atomic E-state index is -0.535. The summed E-state index contributed by atoms with van der Waals surface area (Å²) in [5.41, 5.74) is 1.59. The molecule has 0 radical (unpaired) electrons. The molecule has 2 heterocycles. The first kappa shape index (κ1) is 18.3. The summed E-state index contributed by atoms with van der Waals surface area (Å²) in [5.74, 6) is 5.92. The molecular weight excluding hydrogens is 379 g/mol. The quantitative estimate of drug-likeness (QED) is 0.490. The van der Waals surface area contributed by atoms with Crippen molar-refractivity contribution in [1.82, 2.24) is 19.3 Å². The zero-order chi connectivity index (χ0) is 20.7. The van der Waals surface area contributed by atoms with E-state index in [1.54, 1.807) is 6.20 Å². The summed E-state index contributed by atoms with van der Waals surface area (Å²) < 4.78 is 18.2. The number of halogens is 1. The predicted octanol–water partition coefficient (Wildman–Crippen LogP) is 4.02. The molecule has 0 unspecified atom stereocenters. The zero-order valence-electron chi connectivity index (χ0n) is 16.5. The van der Waals surface area contributed by atoms with Crippen molar-refractivity contribution in [1.29, 1.82) is 0 Å². The smallest absolute Gasteiger partial charge is 0.267 e. The van der Waals surface area contributed by atoms with Gasteiger partial charge in [0, 0.05) is 12.6 Å². The lowest BCUT2D eigenvalue weighted by Gasteiger charge is -2.13. The molecule has 0 N–H and O–H groups in total. The zero-order valence-corrected chi connectivity index (χ0v) is 16.5. The summed E-state index contributed by atoms with van der Waals surface area (Å²) in [4.78, 5) is 18.1. The fourth-order valence-electron chi connectivity index (χ4n) is 3.57. The minimum absolute atomic E-state index is 0.0662. The first-order valence-corrected chi connectivity index (χ1v) is 10.0. The summed E-state index contributed by atoms with van der Waals surface area (Å²) in [6.07, 6.45) is 6.35. The standard InChI is InChI=1S/C24H19FN4O/c1-2-22-27-21-13-12-20(25)19(11-8-16-14-26-28(15-16)17-9-10-17)23(21)24(30)29(22)18-6-4-3-5-7-18/h3-7,12-15,17H,2,9-10H2,1H3. The highest BCUT2D eigenvalue weighted by Crippen LogP contribution is 2.33. The molecule has 0 spiro atoms. The third-order valence-electron chi connectivity index (χ3n) is 5.24. The number of aromatic nitrogens is 4. The highest BCUT2D eigenvalue weighted by Gasteiger charge is 2.24. The molecule has 4 aromatic rings. The second kappa shape index (κ2) is 7.27. The van der Waals surface area contributed by atoms with Gasteiger partial charge in [-0.2, -0.15) is 5.10 Å². The van der Waals surface area contributed by atoms with Gasteiger partial charge in [-0.1, -0.05) is 37.0 Å². The van der Waals surface area contributed by atoms with Crippen LogP contribution >= 0.6 is 0 Å². The second-order valence-electron chi connectivity index (χ2n) is 7.36. The molecule has 0 atom stereocenters. The fraction of sp³-hybridized carbons (Fsp3) is 0.208. The van der Waals surface area contributed by atoms with Crippen molar-refractivity contribution >= 4 is 10.9 Å². The van der Waals surface area contributed by atoms with E-state index in [1.807, 2.05) is 48.1 Å². The van der Waals surface area contributed by atoms with E-state index in [0.29, 0.717) is 35.1 Å². The van der Waals surface area contributed by atoms with Crippen LogP contribution in [0.1, 0.15) is 42.8 Å². The normalized spacial score (nSPS) is 13.3. The van der Waals surface area contributed by atoms with E-state index >= 15 is 0 Å². The summed E-state index contributed by atoms with van der Waals surface area (Å²) >= 11 is 0. The van der Waals surface area contributed by atoms with Gasteiger partial charge in [-0.25, -0.2) is 9.37 Å². The third-order valence-corrected chi connectivity index (χ3v) is 5.24. The summed E-state index contributed by atoms with van der Waals surface area (Å²) in [7, 11) is 0. The molecule has 0 aliphatic heterocycles. The maximum atomic E-state index is 14.8. The Morgan fingerprint density at radius 1 is 1.13 bits per heavy atom. The maximum Gasteiger partial charge on any atom is 0.267 e. The molecule has 1 aliphatic rings. The Bertz CT molecular complexity index is 1370. The molecule has 2 aromatic carbocycles. The van der Waals surface area contributed by atoms with E-state index in [1.165, 1.54) is 16.7 Å². The van der Waals surface area contributed by atoms with Crippen molar-refractivity contribution in [3.63, 3.8) is 0 Å². The van der Waals surface area contributed by atoms with Crippen molar-refractivity contribution in [3.05, 3.63) is 88.0 Å². The molecule has 1 saturated carbocycles. The molecule has 5 rings (SSSR count). The third kappa shape index (κ3) is 3.18. The van der Waals surface area contributed by atoms with Gasteiger partial charge in [0.05, 0.1) is 40.0 Å². The van der Waals surface area contributed by atoms with E-state index in [4.69, 9.17) is 0 Å². The number of aryl methyl sites for hydroxylation is 1. The fourth-order valence-corrected chi connectivity index (χ4v) is 3.57. The van der Waals surface area contributed by atoms with E-state index in [0.717, 1.165) is 12.8 Å². The lowest BCUT2D eigenvalue weighted by molar-refractivity contribution is 0.626. The molecule has 6 heteroatoms. The molecule has 30 heavy (non-hydrogen) atoms. The summed E-state index contributed by atoms with van der Waals surface area (Å²) in [6, 6.07) is 12.6. The number of nitrogens with zero attached hydrogens (tertiary/aromatic N) is 4. The Morgan fingerprint density at radius 3 is 2.67 bits per heavy atom. The van der Waals surface area contributed by atoms with Crippen molar-refractivity contribution in [2.24, 2.45) is 0 Å². The van der Waals surface area contributed by atoms with E-state index in [9.17, 15) is 9.18 Å². The van der Waals surface area contributed by atoms with Crippen LogP contribution in [0.5, 0.6) is 0 Å². The predicted molar refractivity (Wildman–Crippen MR) is 113 cm³/mol. The van der Waals surface area contributed by atoms with Crippen LogP contribution in [0.4, 0.5) is 4.39 Å². The lowest BCUT2D eigenvalue weighted by atomic mass is 10.1. The van der Waals surface area contributed by atoms with Gasteiger partial charge in [-0.15, -0.1) is 0 Å². The van der Waals surface area contributed by atoms with Gasteiger partial charge in [0.1, 0.15) is 11.6 Å². The SMILES string of the molecule is CCc1nc2ccc(F)c(C#Cc3cnn(C4CC4)c3)c2c(=O)n1-c1ccccc1. The largest absolute Gasteiger partial charge is 0.268 e. The summed E-state index contributed by atoms with van der Waals surface area (Å²) in [5, 5.41) is 4.50. The minimum Gasteiger partial charge on any atom is -0.268 e. The van der Waals surface area contributed by atoms with E-state index < -0.39 is 5.82 Å². The van der Waals surface area contributed by atoms with Crippen molar-refractivity contribution in [3.8, 4) is 17.5 Å². The van der Waals surface area contributed by atoms with Crippen LogP contribution in [-0.4, -0.2) is 19.3 Å². The van der Waals surface area contributed by atoms with Crippen LogP contribution in [0, 0.1) is 17.7 Å². The number of hydrogen-bond acceptors (Lipinski definition) is 3. The number of fused-ring (bicyclic) bond motifs is 1. The molecule has 1 aliphatic carbocycles. The molecule has 148 valence electrons. The number of benzene rings is 2. The van der Waals surface area contributed by atoms with Crippen molar-refractivity contribution < 1.29 is 4.39 Å². The van der Waals surface area contributed by atoms with Gasteiger partial charge in [0.15, 0.2) is 0 Å². The highest BCUT2D eigenvalue weighted by atomic mass is 19.1. The van der Waals surface area contributed by atoms with Crippen LogP contribution in [0.25, 0.3) is 16.6 Å². The molecule has 0 saturated heterocycles. The van der Waals surface area contributed by atoms with Crippen LogP contribution in [0.3, 0.4) is 0 Å². The summed E-state index contributed by atoms with van der Waals surface area (Å²) in [6.45, 7) is 1.94. The van der Waals surface area contributed by atoms with Crippen LogP contribution < -0.4 is 5.56 Å². The van der Waals surface area contributed by atoms with Gasteiger partial charge in [-0.3, -0.25) is 14.0 Å². The average Bonchev–Trinajstić information content (AvgIpc) is 3.51. The van der Waals surface area contributed by atoms with Gasteiger partial charge >= 0.3 is 0 Å². The van der Waals surface area contributed by atoms with Crippen molar-refractivity contribution in [2.75, 3.05) is 0 Å². The molecule has 1 fully saturated rings. The highest BCUT2D eigenvalue weighted by molar-refractivity contribution is 5.85.